The number of hydrogen-bond donors (Lipinski definition) is 1. The van der Waals surface area contributed by atoms with Crippen LogP contribution in [0.3, 0.4) is 0 Å². The Bertz CT molecular complexity index is 646. The quantitative estimate of drug-likeness (QED) is 0.860. The van der Waals surface area contributed by atoms with Gasteiger partial charge in [-0.05, 0) is 49.1 Å². The van der Waals surface area contributed by atoms with Crippen LogP contribution in [0.15, 0.2) is 24.3 Å². The highest BCUT2D eigenvalue weighted by Gasteiger charge is 2.39. The van der Waals surface area contributed by atoms with Crippen molar-refractivity contribution in [3.05, 3.63) is 30.1 Å². The SMILES string of the molecule is O=C(CCc1nc2ccccc2[nH]1)OC[C@@H]1C[C@H]2CC[C@H]1C2. The first-order chi connectivity index (χ1) is 10.8. The highest BCUT2D eigenvalue weighted by atomic mass is 16.5. The second-order valence-corrected chi connectivity index (χ2v) is 6.82. The number of aromatic amines is 1. The summed E-state index contributed by atoms with van der Waals surface area (Å²) in [4.78, 5) is 19.7. The first kappa shape index (κ1) is 13.8. The van der Waals surface area contributed by atoms with Crippen molar-refractivity contribution in [2.45, 2.75) is 38.5 Å². The summed E-state index contributed by atoms with van der Waals surface area (Å²) >= 11 is 0. The third-order valence-corrected chi connectivity index (χ3v) is 5.35. The van der Waals surface area contributed by atoms with Crippen LogP contribution in [-0.4, -0.2) is 22.5 Å². The molecule has 4 rings (SSSR count). The number of fused-ring (bicyclic) bond motifs is 3. The number of aryl methyl sites for hydroxylation is 1. The van der Waals surface area contributed by atoms with E-state index < -0.39 is 0 Å². The molecule has 1 aromatic heterocycles. The Kier molecular flexibility index (Phi) is 3.60. The molecule has 0 radical (unpaired) electrons. The molecule has 0 saturated heterocycles. The predicted molar refractivity (Wildman–Crippen MR) is 84.3 cm³/mol. The van der Waals surface area contributed by atoms with E-state index in [0.717, 1.165) is 28.7 Å². The van der Waals surface area contributed by atoms with Crippen molar-refractivity contribution in [2.24, 2.45) is 17.8 Å². The van der Waals surface area contributed by atoms with Gasteiger partial charge in [-0.3, -0.25) is 4.79 Å². The number of carbonyl (C=O) groups is 1. The highest BCUT2D eigenvalue weighted by Crippen LogP contribution is 2.48. The van der Waals surface area contributed by atoms with Crippen LogP contribution in [0.2, 0.25) is 0 Å². The summed E-state index contributed by atoms with van der Waals surface area (Å²) in [6.07, 6.45) is 6.38. The van der Waals surface area contributed by atoms with Gasteiger partial charge in [0.15, 0.2) is 0 Å². The number of carbonyl (C=O) groups excluding carboxylic acids is 1. The van der Waals surface area contributed by atoms with Gasteiger partial charge >= 0.3 is 5.97 Å². The summed E-state index contributed by atoms with van der Waals surface area (Å²) in [5, 5.41) is 0. The molecule has 4 nitrogen and oxygen atoms in total. The Morgan fingerprint density at radius 2 is 2.18 bits per heavy atom. The second-order valence-electron chi connectivity index (χ2n) is 6.82. The number of nitrogens with one attached hydrogen (secondary N) is 1. The molecule has 2 aliphatic rings. The molecule has 116 valence electrons. The Morgan fingerprint density at radius 1 is 1.27 bits per heavy atom. The van der Waals surface area contributed by atoms with E-state index >= 15 is 0 Å². The lowest BCUT2D eigenvalue weighted by molar-refractivity contribution is -0.145. The topological polar surface area (TPSA) is 55.0 Å². The molecule has 1 heterocycles. The van der Waals surface area contributed by atoms with Crippen molar-refractivity contribution >= 4 is 17.0 Å². The van der Waals surface area contributed by atoms with Gasteiger partial charge in [-0.15, -0.1) is 0 Å². The zero-order chi connectivity index (χ0) is 14.9. The largest absolute Gasteiger partial charge is 0.465 e. The highest BCUT2D eigenvalue weighted by molar-refractivity contribution is 5.75. The van der Waals surface area contributed by atoms with Gasteiger partial charge in [-0.1, -0.05) is 18.6 Å². The van der Waals surface area contributed by atoms with Gasteiger partial charge in [0.1, 0.15) is 5.82 Å². The molecule has 1 N–H and O–H groups in total. The number of benzene rings is 1. The fraction of sp³-hybridized carbons (Fsp3) is 0.556. The molecule has 2 fully saturated rings. The normalized spacial score (nSPS) is 26.6. The van der Waals surface area contributed by atoms with E-state index in [1.54, 1.807) is 0 Å². The standard InChI is InChI=1S/C18H22N2O2/c21-18(22-11-14-10-12-5-6-13(14)9-12)8-7-17-19-15-3-1-2-4-16(15)20-17/h1-4,12-14H,5-11H2,(H,19,20)/t12-,13-,14-/m0/s1. The van der Waals surface area contributed by atoms with E-state index in [-0.39, 0.29) is 5.97 Å². The third-order valence-electron chi connectivity index (χ3n) is 5.35. The minimum Gasteiger partial charge on any atom is -0.465 e. The summed E-state index contributed by atoms with van der Waals surface area (Å²) in [5.41, 5.74) is 1.97. The molecule has 0 unspecified atom stereocenters. The van der Waals surface area contributed by atoms with Crippen LogP contribution in [0.5, 0.6) is 0 Å². The van der Waals surface area contributed by atoms with Crippen molar-refractivity contribution in [3.63, 3.8) is 0 Å². The van der Waals surface area contributed by atoms with Crippen LogP contribution < -0.4 is 0 Å². The van der Waals surface area contributed by atoms with Crippen molar-refractivity contribution in [1.82, 2.24) is 9.97 Å². The summed E-state index contributed by atoms with van der Waals surface area (Å²) in [6.45, 7) is 0.625. The molecule has 2 saturated carbocycles. The lowest BCUT2D eigenvalue weighted by Crippen LogP contribution is -2.19. The number of H-pyrrole nitrogens is 1. The zero-order valence-electron chi connectivity index (χ0n) is 12.8. The van der Waals surface area contributed by atoms with E-state index in [9.17, 15) is 4.79 Å². The number of nitrogens with zero attached hydrogens (tertiary/aromatic N) is 1. The average Bonchev–Trinajstić information content (AvgIpc) is 3.24. The summed E-state index contributed by atoms with van der Waals surface area (Å²) in [7, 11) is 0. The average molecular weight is 298 g/mol. The van der Waals surface area contributed by atoms with Gasteiger partial charge in [0.05, 0.1) is 24.1 Å². The molecule has 1 aromatic carbocycles. The molecule has 2 bridgehead atoms. The van der Waals surface area contributed by atoms with E-state index in [2.05, 4.69) is 9.97 Å². The minimum absolute atomic E-state index is 0.0942. The molecule has 0 aliphatic heterocycles. The first-order valence-electron chi connectivity index (χ1n) is 8.37. The Morgan fingerprint density at radius 3 is 2.95 bits per heavy atom. The first-order valence-corrected chi connectivity index (χ1v) is 8.37. The van der Waals surface area contributed by atoms with E-state index in [0.29, 0.717) is 25.4 Å². The maximum Gasteiger partial charge on any atom is 0.306 e. The lowest BCUT2D eigenvalue weighted by atomic mass is 9.90. The Balaban J connectivity index is 1.25. The predicted octanol–water partition coefficient (Wildman–Crippen LogP) is 3.47. The van der Waals surface area contributed by atoms with E-state index in [1.807, 2.05) is 24.3 Å². The van der Waals surface area contributed by atoms with Crippen LogP contribution in [0.1, 0.15) is 37.9 Å². The van der Waals surface area contributed by atoms with Gasteiger partial charge in [0.25, 0.3) is 0 Å². The number of para-hydroxylation sites is 2. The van der Waals surface area contributed by atoms with Crippen LogP contribution in [-0.2, 0) is 16.0 Å². The third kappa shape index (κ3) is 2.74. The number of aromatic nitrogens is 2. The van der Waals surface area contributed by atoms with E-state index in [1.165, 1.54) is 25.7 Å². The molecule has 2 aromatic rings. The van der Waals surface area contributed by atoms with E-state index in [4.69, 9.17) is 4.74 Å². The van der Waals surface area contributed by atoms with Crippen LogP contribution in [0, 0.1) is 17.8 Å². The van der Waals surface area contributed by atoms with Crippen molar-refractivity contribution < 1.29 is 9.53 Å². The molecule has 0 amide bonds. The number of hydrogen-bond acceptors (Lipinski definition) is 3. The number of ether oxygens (including phenoxy) is 1. The second kappa shape index (κ2) is 5.75. The fourth-order valence-electron chi connectivity index (χ4n) is 4.20. The maximum absolute atomic E-state index is 11.9. The van der Waals surface area contributed by atoms with Crippen LogP contribution in [0.4, 0.5) is 0 Å². The van der Waals surface area contributed by atoms with Crippen molar-refractivity contribution in [2.75, 3.05) is 6.61 Å². The number of imidazole rings is 1. The molecular weight excluding hydrogens is 276 g/mol. The van der Waals surface area contributed by atoms with Gasteiger partial charge in [-0.25, -0.2) is 4.98 Å². The van der Waals surface area contributed by atoms with Crippen molar-refractivity contribution in [3.8, 4) is 0 Å². The number of rotatable bonds is 5. The molecule has 2 aliphatic carbocycles. The lowest BCUT2D eigenvalue weighted by Gasteiger charge is -2.21. The molecule has 3 atom stereocenters. The van der Waals surface area contributed by atoms with Gasteiger partial charge < -0.3 is 9.72 Å². The fourth-order valence-corrected chi connectivity index (χ4v) is 4.20. The van der Waals surface area contributed by atoms with Gasteiger partial charge in [-0.2, -0.15) is 0 Å². The van der Waals surface area contributed by atoms with Gasteiger partial charge in [0, 0.05) is 6.42 Å². The molecule has 4 heteroatoms. The summed E-state index contributed by atoms with van der Waals surface area (Å²) in [6, 6.07) is 7.92. The molecular formula is C18H22N2O2. The smallest absolute Gasteiger partial charge is 0.306 e. The Labute approximate surface area is 130 Å². The van der Waals surface area contributed by atoms with Gasteiger partial charge in [0.2, 0.25) is 0 Å². The maximum atomic E-state index is 11.9. The van der Waals surface area contributed by atoms with Crippen LogP contribution >= 0.6 is 0 Å². The molecule has 22 heavy (non-hydrogen) atoms. The van der Waals surface area contributed by atoms with Crippen molar-refractivity contribution in [1.29, 1.82) is 0 Å². The minimum atomic E-state index is -0.0942. The summed E-state index contributed by atoms with van der Waals surface area (Å²) < 4.78 is 5.49. The zero-order valence-corrected chi connectivity index (χ0v) is 12.8. The Hall–Kier alpha value is -1.84. The summed E-state index contributed by atoms with van der Waals surface area (Å²) in [5.74, 6) is 3.10. The van der Waals surface area contributed by atoms with Crippen LogP contribution in [0.25, 0.3) is 11.0 Å². The monoisotopic (exact) mass is 298 g/mol. The number of esters is 1. The molecule has 0 spiro atoms.